The maximum atomic E-state index is 11.7. The second kappa shape index (κ2) is 5.32. The van der Waals surface area contributed by atoms with E-state index in [2.05, 4.69) is 32.9 Å². The van der Waals surface area contributed by atoms with Gasteiger partial charge in [-0.2, -0.15) is 0 Å². The highest BCUT2D eigenvalue weighted by molar-refractivity contribution is 9.10. The lowest BCUT2D eigenvalue weighted by atomic mass is 10.1. The Morgan fingerprint density at radius 1 is 1.41 bits per heavy atom. The number of sulfonamides is 1. The Morgan fingerprint density at radius 3 is 2.29 bits per heavy atom. The Bertz CT molecular complexity index is 532. The Balaban J connectivity index is 3.08. The van der Waals surface area contributed by atoms with Crippen LogP contribution in [0, 0.1) is 13.8 Å². The second-order valence-corrected chi connectivity index (χ2v) is 6.90. The summed E-state index contributed by atoms with van der Waals surface area (Å²) < 4.78 is 26.8. The number of nitrogens with one attached hydrogen (secondary N) is 1. The van der Waals surface area contributed by atoms with Crippen LogP contribution in [0.25, 0.3) is 0 Å². The van der Waals surface area contributed by atoms with Crippen LogP contribution in [0.15, 0.2) is 16.6 Å². The van der Waals surface area contributed by atoms with E-state index >= 15 is 0 Å². The standard InChI is InChI=1S/C10H13BrN2O2S2/c1-6-3-8(11)4-7(2)10(6)13-17(14,15)5-9(12)16/h3-4,13H,5H2,1-2H3,(H2,12,16). The molecule has 0 aromatic heterocycles. The van der Waals surface area contributed by atoms with Crippen LogP contribution in [0.4, 0.5) is 5.69 Å². The molecule has 17 heavy (non-hydrogen) atoms. The molecule has 0 radical (unpaired) electrons. The highest BCUT2D eigenvalue weighted by Gasteiger charge is 2.15. The van der Waals surface area contributed by atoms with E-state index in [1.165, 1.54) is 0 Å². The molecule has 0 aliphatic rings. The highest BCUT2D eigenvalue weighted by Crippen LogP contribution is 2.25. The summed E-state index contributed by atoms with van der Waals surface area (Å²) >= 11 is 7.95. The first-order valence-corrected chi connectivity index (χ1v) is 7.62. The van der Waals surface area contributed by atoms with Crippen LogP contribution in [-0.2, 0) is 10.0 Å². The van der Waals surface area contributed by atoms with Gasteiger partial charge in [-0.25, -0.2) is 8.42 Å². The number of anilines is 1. The minimum atomic E-state index is -3.52. The van der Waals surface area contributed by atoms with E-state index in [1.807, 2.05) is 26.0 Å². The second-order valence-electron chi connectivity index (χ2n) is 3.74. The molecule has 7 heteroatoms. The lowest BCUT2D eigenvalue weighted by Gasteiger charge is -2.13. The molecule has 0 saturated heterocycles. The fourth-order valence-electron chi connectivity index (χ4n) is 1.45. The van der Waals surface area contributed by atoms with Crippen molar-refractivity contribution in [1.82, 2.24) is 0 Å². The van der Waals surface area contributed by atoms with E-state index in [1.54, 1.807) is 0 Å². The number of hydrogen-bond acceptors (Lipinski definition) is 3. The van der Waals surface area contributed by atoms with Crippen LogP contribution in [0.5, 0.6) is 0 Å². The van der Waals surface area contributed by atoms with E-state index in [9.17, 15) is 8.42 Å². The maximum absolute atomic E-state index is 11.7. The molecule has 1 aromatic rings. The number of nitrogens with two attached hydrogens (primary N) is 1. The molecule has 4 nitrogen and oxygen atoms in total. The van der Waals surface area contributed by atoms with Crippen molar-refractivity contribution in [2.45, 2.75) is 13.8 Å². The van der Waals surface area contributed by atoms with Gasteiger partial charge in [0.25, 0.3) is 0 Å². The summed E-state index contributed by atoms with van der Waals surface area (Å²) in [5.74, 6) is -0.350. The van der Waals surface area contributed by atoms with Gasteiger partial charge < -0.3 is 5.73 Å². The fraction of sp³-hybridized carbons (Fsp3) is 0.300. The molecule has 94 valence electrons. The quantitative estimate of drug-likeness (QED) is 0.826. The van der Waals surface area contributed by atoms with E-state index < -0.39 is 10.0 Å². The van der Waals surface area contributed by atoms with Crippen LogP contribution in [0.3, 0.4) is 0 Å². The van der Waals surface area contributed by atoms with Crippen molar-refractivity contribution in [3.05, 3.63) is 27.7 Å². The minimum Gasteiger partial charge on any atom is -0.392 e. The maximum Gasteiger partial charge on any atom is 0.239 e. The first kappa shape index (κ1) is 14.4. The minimum absolute atomic E-state index is 0.0510. The van der Waals surface area contributed by atoms with Crippen LogP contribution in [-0.4, -0.2) is 19.2 Å². The van der Waals surface area contributed by atoms with Gasteiger partial charge in [-0.1, -0.05) is 28.1 Å². The number of aryl methyl sites for hydroxylation is 2. The van der Waals surface area contributed by atoms with Crippen LogP contribution in [0.2, 0.25) is 0 Å². The Hall–Kier alpha value is -0.660. The van der Waals surface area contributed by atoms with Crippen LogP contribution < -0.4 is 10.5 Å². The molecule has 0 aliphatic heterocycles. The summed E-state index contributed by atoms with van der Waals surface area (Å²) in [4.78, 5) is -0.0510. The Labute approximate surface area is 115 Å². The van der Waals surface area contributed by atoms with Gasteiger partial charge in [0.15, 0.2) is 0 Å². The predicted molar refractivity (Wildman–Crippen MR) is 77.8 cm³/mol. The third kappa shape index (κ3) is 4.25. The average Bonchev–Trinajstić information content (AvgIpc) is 2.09. The molecule has 0 bridgehead atoms. The fourth-order valence-corrected chi connectivity index (χ4v) is 3.68. The number of benzene rings is 1. The summed E-state index contributed by atoms with van der Waals surface area (Å²) in [5, 5.41) is 0. The van der Waals surface area contributed by atoms with Gasteiger partial charge in [0, 0.05) is 4.47 Å². The number of thiocarbonyl (C=S) groups is 1. The Morgan fingerprint density at radius 2 is 1.88 bits per heavy atom. The number of halogens is 1. The van der Waals surface area contributed by atoms with Crippen molar-refractivity contribution in [3.63, 3.8) is 0 Å². The van der Waals surface area contributed by atoms with Crippen molar-refractivity contribution in [2.24, 2.45) is 5.73 Å². The lowest BCUT2D eigenvalue weighted by Crippen LogP contribution is -2.27. The number of rotatable bonds is 4. The molecule has 1 aromatic carbocycles. The molecule has 0 unspecified atom stereocenters. The van der Waals surface area contributed by atoms with Gasteiger partial charge in [-0.15, -0.1) is 0 Å². The SMILES string of the molecule is Cc1cc(Br)cc(C)c1NS(=O)(=O)CC(N)=S. The first-order valence-electron chi connectivity index (χ1n) is 4.77. The van der Waals surface area contributed by atoms with Gasteiger partial charge in [0.2, 0.25) is 10.0 Å². The molecular formula is C10H13BrN2O2S2. The lowest BCUT2D eigenvalue weighted by molar-refractivity contribution is 0.605. The molecule has 0 fully saturated rings. The predicted octanol–water partition coefficient (Wildman–Crippen LogP) is 2.09. The van der Waals surface area contributed by atoms with Crippen molar-refractivity contribution < 1.29 is 8.42 Å². The summed E-state index contributed by atoms with van der Waals surface area (Å²) in [6.45, 7) is 3.66. The molecule has 0 atom stereocenters. The largest absolute Gasteiger partial charge is 0.392 e. The topological polar surface area (TPSA) is 72.2 Å². The Kier molecular flexibility index (Phi) is 4.51. The smallest absolute Gasteiger partial charge is 0.239 e. The zero-order chi connectivity index (χ0) is 13.2. The zero-order valence-electron chi connectivity index (χ0n) is 9.45. The number of hydrogen-bond donors (Lipinski definition) is 2. The van der Waals surface area contributed by atoms with Crippen molar-refractivity contribution in [1.29, 1.82) is 0 Å². The van der Waals surface area contributed by atoms with Gasteiger partial charge in [-0.3, -0.25) is 4.72 Å². The third-order valence-electron chi connectivity index (χ3n) is 2.09. The summed E-state index contributed by atoms with van der Waals surface area (Å²) in [6, 6.07) is 3.68. The van der Waals surface area contributed by atoms with E-state index in [4.69, 9.17) is 5.73 Å². The third-order valence-corrected chi connectivity index (χ3v) is 4.08. The van der Waals surface area contributed by atoms with Gasteiger partial charge in [-0.05, 0) is 37.1 Å². The highest BCUT2D eigenvalue weighted by atomic mass is 79.9. The molecule has 3 N–H and O–H groups in total. The van der Waals surface area contributed by atoms with Crippen molar-refractivity contribution in [3.8, 4) is 0 Å². The van der Waals surface area contributed by atoms with Gasteiger partial charge in [0.1, 0.15) is 5.75 Å². The summed E-state index contributed by atoms with van der Waals surface area (Å²) in [7, 11) is -3.52. The molecule has 0 spiro atoms. The zero-order valence-corrected chi connectivity index (χ0v) is 12.7. The first-order chi connectivity index (χ1) is 7.71. The van der Waals surface area contributed by atoms with Crippen molar-refractivity contribution in [2.75, 3.05) is 10.5 Å². The molecule has 1 rings (SSSR count). The van der Waals surface area contributed by atoms with Crippen LogP contribution >= 0.6 is 28.1 Å². The summed E-state index contributed by atoms with van der Waals surface area (Å²) in [6.07, 6.45) is 0. The van der Waals surface area contributed by atoms with E-state index in [0.29, 0.717) is 5.69 Å². The molecule has 0 aliphatic carbocycles. The van der Waals surface area contributed by atoms with Crippen molar-refractivity contribution >= 4 is 48.8 Å². The molecule has 0 saturated carbocycles. The van der Waals surface area contributed by atoms with E-state index in [0.717, 1.165) is 15.6 Å². The molecule has 0 amide bonds. The average molecular weight is 337 g/mol. The van der Waals surface area contributed by atoms with Crippen LogP contribution in [0.1, 0.15) is 11.1 Å². The normalized spacial score (nSPS) is 11.2. The van der Waals surface area contributed by atoms with Gasteiger partial charge in [0.05, 0.1) is 10.7 Å². The molecule has 0 heterocycles. The van der Waals surface area contributed by atoms with Gasteiger partial charge >= 0.3 is 0 Å². The summed E-state index contributed by atoms with van der Waals surface area (Å²) in [5.41, 5.74) is 7.48. The van der Waals surface area contributed by atoms with E-state index in [-0.39, 0.29) is 10.7 Å². The monoisotopic (exact) mass is 336 g/mol. The molecular weight excluding hydrogens is 324 g/mol.